The molecule has 2 N–H and O–H groups in total. The van der Waals surface area contributed by atoms with Gasteiger partial charge < -0.3 is 10.4 Å². The van der Waals surface area contributed by atoms with Crippen LogP contribution in [0.25, 0.3) is 0 Å². The molecule has 5 nitrogen and oxygen atoms in total. The molecule has 1 aromatic carbocycles. The predicted molar refractivity (Wildman–Crippen MR) is 69.5 cm³/mol. The van der Waals surface area contributed by atoms with Gasteiger partial charge in [-0.25, -0.2) is 8.78 Å². The van der Waals surface area contributed by atoms with Gasteiger partial charge in [0.15, 0.2) is 17.3 Å². The highest BCUT2D eigenvalue weighted by atomic mass is 19.2. The smallest absolute Gasteiger partial charge is 0.295 e. The zero-order valence-electron chi connectivity index (χ0n) is 10.8. The maximum absolute atomic E-state index is 13.8. The quantitative estimate of drug-likeness (QED) is 0.509. The number of benzene rings is 1. The van der Waals surface area contributed by atoms with Crippen molar-refractivity contribution in [3.05, 3.63) is 33.9 Å². The second kappa shape index (κ2) is 6.13. The summed E-state index contributed by atoms with van der Waals surface area (Å²) in [5.41, 5.74) is -1.01. The summed E-state index contributed by atoms with van der Waals surface area (Å²) in [6.45, 7) is 0. The lowest BCUT2D eigenvalue weighted by atomic mass is 10.1. The fourth-order valence-corrected chi connectivity index (χ4v) is 2.47. The Morgan fingerprint density at radius 2 is 1.95 bits per heavy atom. The van der Waals surface area contributed by atoms with E-state index in [-0.39, 0.29) is 0 Å². The molecule has 1 fully saturated rings. The number of aliphatic hydroxyl groups is 1. The summed E-state index contributed by atoms with van der Waals surface area (Å²) in [5.74, 6) is -2.43. The van der Waals surface area contributed by atoms with Crippen LogP contribution in [-0.4, -0.2) is 22.2 Å². The van der Waals surface area contributed by atoms with E-state index in [4.69, 9.17) is 0 Å². The molecule has 2 atom stereocenters. The van der Waals surface area contributed by atoms with Gasteiger partial charge in [0.1, 0.15) is 0 Å². The highest BCUT2D eigenvalue weighted by molar-refractivity contribution is 5.63. The molecule has 0 saturated heterocycles. The van der Waals surface area contributed by atoms with E-state index in [0.29, 0.717) is 12.8 Å². The first-order valence-corrected chi connectivity index (χ1v) is 6.57. The van der Waals surface area contributed by atoms with Crippen molar-refractivity contribution in [2.24, 2.45) is 0 Å². The Labute approximate surface area is 114 Å². The third-order valence-electron chi connectivity index (χ3n) is 3.58. The summed E-state index contributed by atoms with van der Waals surface area (Å²) in [6, 6.07) is 1.14. The van der Waals surface area contributed by atoms with Crippen molar-refractivity contribution in [1.29, 1.82) is 0 Å². The average molecular weight is 286 g/mol. The monoisotopic (exact) mass is 286 g/mol. The van der Waals surface area contributed by atoms with E-state index < -0.39 is 40.1 Å². The number of hydrogen-bond acceptors (Lipinski definition) is 4. The van der Waals surface area contributed by atoms with Gasteiger partial charge in [-0.3, -0.25) is 10.1 Å². The second-order valence-corrected chi connectivity index (χ2v) is 4.97. The molecule has 1 aliphatic rings. The van der Waals surface area contributed by atoms with Crippen molar-refractivity contribution in [1.82, 2.24) is 0 Å². The van der Waals surface area contributed by atoms with Crippen LogP contribution in [0.2, 0.25) is 0 Å². The van der Waals surface area contributed by atoms with Crippen LogP contribution in [0.3, 0.4) is 0 Å². The van der Waals surface area contributed by atoms with Crippen LogP contribution in [0.4, 0.5) is 20.2 Å². The van der Waals surface area contributed by atoms with Crippen molar-refractivity contribution >= 4 is 11.4 Å². The van der Waals surface area contributed by atoms with Gasteiger partial charge in [-0.2, -0.15) is 0 Å². The van der Waals surface area contributed by atoms with E-state index in [1.165, 1.54) is 0 Å². The number of nitrogens with zero attached hydrogens (tertiary/aromatic N) is 1. The first-order chi connectivity index (χ1) is 9.50. The van der Waals surface area contributed by atoms with Crippen LogP contribution in [0.5, 0.6) is 0 Å². The van der Waals surface area contributed by atoms with E-state index in [9.17, 15) is 24.0 Å². The molecular formula is C13H16F2N2O3. The molecule has 7 heteroatoms. The van der Waals surface area contributed by atoms with Gasteiger partial charge in [0.2, 0.25) is 0 Å². The minimum absolute atomic E-state index is 0.485. The molecule has 0 aromatic heterocycles. The van der Waals surface area contributed by atoms with Gasteiger partial charge in [0.05, 0.1) is 17.1 Å². The van der Waals surface area contributed by atoms with Crippen molar-refractivity contribution in [3.8, 4) is 0 Å². The first kappa shape index (κ1) is 14.6. The lowest BCUT2D eigenvalue weighted by Gasteiger charge is -2.23. The van der Waals surface area contributed by atoms with Crippen LogP contribution < -0.4 is 5.32 Å². The Bertz CT molecular complexity index is 511. The molecule has 0 heterocycles. The second-order valence-electron chi connectivity index (χ2n) is 4.97. The van der Waals surface area contributed by atoms with Crippen molar-refractivity contribution in [3.63, 3.8) is 0 Å². The molecule has 1 aromatic rings. The molecule has 2 rings (SSSR count). The van der Waals surface area contributed by atoms with Crippen LogP contribution in [0, 0.1) is 21.7 Å². The maximum Gasteiger partial charge on any atom is 0.295 e. The summed E-state index contributed by atoms with van der Waals surface area (Å²) < 4.78 is 27.0. The van der Waals surface area contributed by atoms with E-state index in [1.54, 1.807) is 0 Å². The summed E-state index contributed by atoms with van der Waals surface area (Å²) in [6.07, 6.45) is 3.02. The fourth-order valence-electron chi connectivity index (χ4n) is 2.47. The molecule has 110 valence electrons. The molecular weight excluding hydrogens is 270 g/mol. The number of nitro groups is 1. The van der Waals surface area contributed by atoms with E-state index in [2.05, 4.69) is 5.32 Å². The summed E-state index contributed by atoms with van der Waals surface area (Å²) in [4.78, 5) is 10.1. The van der Waals surface area contributed by atoms with E-state index in [0.717, 1.165) is 31.4 Å². The molecule has 20 heavy (non-hydrogen) atoms. The van der Waals surface area contributed by atoms with Crippen LogP contribution in [-0.2, 0) is 0 Å². The Hall–Kier alpha value is -1.76. The van der Waals surface area contributed by atoms with E-state index in [1.807, 2.05) is 0 Å². The Kier molecular flexibility index (Phi) is 4.49. The number of nitrogens with one attached hydrogen (secondary N) is 1. The van der Waals surface area contributed by atoms with E-state index >= 15 is 0 Å². The third kappa shape index (κ3) is 3.04. The minimum atomic E-state index is -1.28. The molecule has 0 spiro atoms. The molecule has 0 bridgehead atoms. The number of anilines is 1. The lowest BCUT2D eigenvalue weighted by molar-refractivity contribution is -0.384. The fraction of sp³-hybridized carbons (Fsp3) is 0.538. The van der Waals surface area contributed by atoms with Crippen LogP contribution in [0.1, 0.15) is 32.1 Å². The standard InChI is InChI=1S/C13H16F2N2O3/c14-8-6-7-10(17(19)20)13(12(8)15)16-9-4-2-1-3-5-11(9)18/h6-7,9,11,16,18H,1-5H2. The number of hydrogen-bond donors (Lipinski definition) is 2. The normalized spacial score (nSPS) is 23.1. The van der Waals surface area contributed by atoms with Gasteiger partial charge in [-0.15, -0.1) is 0 Å². The lowest BCUT2D eigenvalue weighted by Crippen LogP contribution is -2.33. The highest BCUT2D eigenvalue weighted by Crippen LogP contribution is 2.31. The van der Waals surface area contributed by atoms with Crippen LogP contribution >= 0.6 is 0 Å². The maximum atomic E-state index is 13.8. The van der Waals surface area contributed by atoms with Gasteiger partial charge in [0, 0.05) is 6.07 Å². The first-order valence-electron chi connectivity index (χ1n) is 6.57. The molecule has 0 aliphatic heterocycles. The molecule has 2 unspecified atom stereocenters. The topological polar surface area (TPSA) is 75.4 Å². The Morgan fingerprint density at radius 1 is 1.25 bits per heavy atom. The number of halogens is 2. The van der Waals surface area contributed by atoms with Gasteiger partial charge in [0.25, 0.3) is 5.69 Å². The SMILES string of the molecule is O=[N+]([O-])c1ccc(F)c(F)c1NC1CCCCCC1O. The Balaban J connectivity index is 2.31. The van der Waals surface area contributed by atoms with Crippen molar-refractivity contribution in [2.45, 2.75) is 44.2 Å². The Morgan fingerprint density at radius 3 is 2.65 bits per heavy atom. The van der Waals surface area contributed by atoms with Gasteiger partial charge in [-0.1, -0.05) is 19.3 Å². The zero-order chi connectivity index (χ0) is 14.7. The summed E-state index contributed by atoms with van der Waals surface area (Å²) in [5, 5.41) is 23.5. The number of rotatable bonds is 3. The molecule has 1 aliphatic carbocycles. The molecule has 0 amide bonds. The van der Waals surface area contributed by atoms with Crippen LogP contribution in [0.15, 0.2) is 12.1 Å². The van der Waals surface area contributed by atoms with Crippen molar-refractivity contribution < 1.29 is 18.8 Å². The minimum Gasteiger partial charge on any atom is -0.391 e. The summed E-state index contributed by atoms with van der Waals surface area (Å²) in [7, 11) is 0. The molecule has 1 saturated carbocycles. The zero-order valence-corrected chi connectivity index (χ0v) is 10.8. The largest absolute Gasteiger partial charge is 0.391 e. The number of aliphatic hydroxyl groups excluding tert-OH is 1. The predicted octanol–water partition coefficient (Wildman–Crippen LogP) is 2.98. The van der Waals surface area contributed by atoms with Gasteiger partial charge in [-0.05, 0) is 18.9 Å². The summed E-state index contributed by atoms with van der Waals surface area (Å²) >= 11 is 0. The number of nitro benzene ring substituents is 1. The third-order valence-corrected chi connectivity index (χ3v) is 3.58. The van der Waals surface area contributed by atoms with Gasteiger partial charge >= 0.3 is 0 Å². The highest BCUT2D eigenvalue weighted by Gasteiger charge is 2.27. The molecule has 0 radical (unpaired) electrons. The average Bonchev–Trinajstić information content (AvgIpc) is 2.60. The van der Waals surface area contributed by atoms with Crippen molar-refractivity contribution in [2.75, 3.05) is 5.32 Å².